The summed E-state index contributed by atoms with van der Waals surface area (Å²) in [4.78, 5) is 0. The fourth-order valence-corrected chi connectivity index (χ4v) is 3.99. The van der Waals surface area contributed by atoms with Crippen LogP contribution in [0.3, 0.4) is 0 Å². The number of aliphatic hydroxyl groups excluding tert-OH is 10. The van der Waals surface area contributed by atoms with Crippen molar-refractivity contribution < 1.29 is 74.7 Å². The molecule has 3 heterocycles. The first-order valence-electron chi connectivity index (χ1n) is 10.4. The smallest absolute Gasteiger partial charge is 0.187 e. The molecule has 15 nitrogen and oxygen atoms in total. The molecule has 15 heteroatoms. The molecule has 0 amide bonds. The van der Waals surface area contributed by atoms with Crippen molar-refractivity contribution in [3.05, 3.63) is 0 Å². The number of rotatable bonds is 6. The maximum absolute atomic E-state index is 10.5. The molecule has 0 aromatic heterocycles. The third-order valence-electron chi connectivity index (χ3n) is 6.05. The van der Waals surface area contributed by atoms with Gasteiger partial charge in [-0.05, 0) is 6.92 Å². The summed E-state index contributed by atoms with van der Waals surface area (Å²) in [5.74, 6) is 0. The Morgan fingerprint density at radius 2 is 1.06 bits per heavy atom. The van der Waals surface area contributed by atoms with Crippen LogP contribution in [0.5, 0.6) is 0 Å². The highest BCUT2D eigenvalue weighted by Gasteiger charge is 2.53. The Morgan fingerprint density at radius 1 is 0.545 bits per heavy atom. The lowest BCUT2D eigenvalue weighted by Gasteiger charge is -2.48. The van der Waals surface area contributed by atoms with Crippen molar-refractivity contribution in [3.8, 4) is 0 Å². The summed E-state index contributed by atoms with van der Waals surface area (Å²) >= 11 is 0. The number of hydrogen-bond donors (Lipinski definition) is 10. The van der Waals surface area contributed by atoms with E-state index in [4.69, 9.17) is 23.7 Å². The molecule has 3 rings (SSSR count). The van der Waals surface area contributed by atoms with Gasteiger partial charge in [-0.15, -0.1) is 0 Å². The second kappa shape index (κ2) is 11.0. The second-order valence-corrected chi connectivity index (χ2v) is 8.32. The fourth-order valence-electron chi connectivity index (χ4n) is 3.99. The summed E-state index contributed by atoms with van der Waals surface area (Å²) in [5, 5.41) is 99.8. The van der Waals surface area contributed by atoms with Gasteiger partial charge in [-0.25, -0.2) is 0 Å². The van der Waals surface area contributed by atoms with E-state index >= 15 is 0 Å². The van der Waals surface area contributed by atoms with Crippen LogP contribution in [0.15, 0.2) is 0 Å². The van der Waals surface area contributed by atoms with Crippen molar-refractivity contribution in [2.45, 2.75) is 99.0 Å². The van der Waals surface area contributed by atoms with Gasteiger partial charge < -0.3 is 74.7 Å². The van der Waals surface area contributed by atoms with Crippen LogP contribution in [0.4, 0.5) is 0 Å². The molecule has 3 aliphatic rings. The predicted molar refractivity (Wildman–Crippen MR) is 99.8 cm³/mol. The first-order chi connectivity index (χ1) is 15.5. The fraction of sp³-hybridized carbons (Fsp3) is 1.00. The molecule has 0 spiro atoms. The lowest BCUT2D eigenvalue weighted by molar-refractivity contribution is -0.382. The van der Waals surface area contributed by atoms with Crippen molar-refractivity contribution >= 4 is 0 Å². The highest BCUT2D eigenvalue weighted by molar-refractivity contribution is 4.96. The first kappa shape index (κ1) is 27.0. The van der Waals surface area contributed by atoms with Crippen molar-refractivity contribution in [1.82, 2.24) is 0 Å². The van der Waals surface area contributed by atoms with Gasteiger partial charge in [0.15, 0.2) is 18.9 Å². The van der Waals surface area contributed by atoms with Crippen LogP contribution in [0, 0.1) is 0 Å². The van der Waals surface area contributed by atoms with E-state index < -0.39 is 105 Å². The SMILES string of the molecule is C[C@@H]1O[C@@H](O[C@@H]2[C@@H](O)[C@@H](O)O[C@H](CO)[C@H]2O[C@@H]2O[C@H](CO)[C@H](O)[C@H](O)[C@H]2O)[C@@H](O)[C@H](O)[C@@H]1O. The lowest BCUT2D eigenvalue weighted by atomic mass is 9.96. The summed E-state index contributed by atoms with van der Waals surface area (Å²) in [5.41, 5.74) is 0. The Bertz CT molecular complexity index is 624. The monoisotopic (exact) mass is 488 g/mol. The third-order valence-corrected chi connectivity index (χ3v) is 6.05. The minimum absolute atomic E-state index is 0.739. The first-order valence-corrected chi connectivity index (χ1v) is 10.4. The van der Waals surface area contributed by atoms with Gasteiger partial charge >= 0.3 is 0 Å². The molecule has 33 heavy (non-hydrogen) atoms. The van der Waals surface area contributed by atoms with E-state index in [2.05, 4.69) is 0 Å². The Hall–Kier alpha value is -0.600. The maximum Gasteiger partial charge on any atom is 0.187 e. The van der Waals surface area contributed by atoms with Crippen molar-refractivity contribution in [3.63, 3.8) is 0 Å². The zero-order valence-corrected chi connectivity index (χ0v) is 17.6. The molecule has 0 unspecified atom stereocenters. The standard InChI is InChI=1S/C18H32O15/c1-4-7(21)9(23)11(25)17(29-4)33-15-13(27)16(28)30-6(3-20)14(15)32-18-12(26)10(24)8(22)5(2-19)31-18/h4-28H,2-3H2,1H3/t4-,5+,6+,7+,8-,9+,10-,11-,12+,13+,14+,15+,16-,17-,18-/m0/s1. The minimum atomic E-state index is -1.88. The molecule has 10 N–H and O–H groups in total. The van der Waals surface area contributed by atoms with Gasteiger partial charge in [-0.1, -0.05) is 0 Å². The summed E-state index contributed by atoms with van der Waals surface area (Å²) in [6, 6.07) is 0. The van der Waals surface area contributed by atoms with Crippen molar-refractivity contribution in [1.29, 1.82) is 0 Å². The number of ether oxygens (including phenoxy) is 5. The number of aliphatic hydroxyl groups is 10. The summed E-state index contributed by atoms with van der Waals surface area (Å²) in [6.45, 7) is -0.127. The molecule has 0 radical (unpaired) electrons. The van der Waals surface area contributed by atoms with E-state index in [0.29, 0.717) is 0 Å². The Morgan fingerprint density at radius 3 is 1.64 bits per heavy atom. The lowest BCUT2D eigenvalue weighted by Crippen LogP contribution is -2.66. The molecule has 0 aliphatic carbocycles. The largest absolute Gasteiger partial charge is 0.394 e. The number of hydrogen-bond acceptors (Lipinski definition) is 15. The molecule has 3 aliphatic heterocycles. The molecular weight excluding hydrogens is 456 g/mol. The highest BCUT2D eigenvalue weighted by atomic mass is 16.8. The second-order valence-electron chi connectivity index (χ2n) is 8.32. The molecule has 0 aromatic carbocycles. The van der Waals surface area contributed by atoms with Gasteiger partial charge in [0, 0.05) is 0 Å². The van der Waals surface area contributed by atoms with Gasteiger partial charge in [0.2, 0.25) is 0 Å². The maximum atomic E-state index is 10.5. The highest BCUT2D eigenvalue weighted by Crippen LogP contribution is 2.32. The molecule has 0 saturated carbocycles. The van der Waals surface area contributed by atoms with E-state index in [1.807, 2.05) is 0 Å². The third kappa shape index (κ3) is 5.32. The van der Waals surface area contributed by atoms with Gasteiger partial charge in [0.1, 0.15) is 67.1 Å². The van der Waals surface area contributed by atoms with Crippen LogP contribution < -0.4 is 0 Å². The van der Waals surface area contributed by atoms with Crippen molar-refractivity contribution in [2.24, 2.45) is 0 Å². The van der Waals surface area contributed by atoms with E-state index in [-0.39, 0.29) is 0 Å². The molecule has 0 bridgehead atoms. The van der Waals surface area contributed by atoms with E-state index in [9.17, 15) is 51.1 Å². The van der Waals surface area contributed by atoms with Crippen molar-refractivity contribution in [2.75, 3.05) is 13.2 Å². The normalized spacial score (nSPS) is 53.7. The molecular formula is C18H32O15. The van der Waals surface area contributed by atoms with Crippen LogP contribution in [0.2, 0.25) is 0 Å². The Balaban J connectivity index is 1.83. The average Bonchev–Trinajstić information content (AvgIpc) is 2.80. The predicted octanol–water partition coefficient (Wildman–Crippen LogP) is -6.55. The van der Waals surface area contributed by atoms with Gasteiger partial charge in [-0.2, -0.15) is 0 Å². The van der Waals surface area contributed by atoms with Crippen LogP contribution in [-0.4, -0.2) is 156 Å². The average molecular weight is 488 g/mol. The van der Waals surface area contributed by atoms with Gasteiger partial charge in [-0.3, -0.25) is 0 Å². The van der Waals surface area contributed by atoms with Crippen LogP contribution in [0.1, 0.15) is 6.92 Å². The van der Waals surface area contributed by atoms with E-state index in [1.165, 1.54) is 6.92 Å². The zero-order chi connectivity index (χ0) is 24.6. The Labute approximate surface area is 187 Å². The quantitative estimate of drug-likeness (QED) is 0.167. The van der Waals surface area contributed by atoms with E-state index in [1.54, 1.807) is 0 Å². The van der Waals surface area contributed by atoms with Gasteiger partial charge in [0.05, 0.1) is 19.3 Å². The Kier molecular flexibility index (Phi) is 8.99. The molecule has 3 fully saturated rings. The summed E-state index contributed by atoms with van der Waals surface area (Å²) in [6.07, 6.45) is -24.0. The molecule has 15 atom stereocenters. The van der Waals surface area contributed by atoms with Crippen LogP contribution in [-0.2, 0) is 23.7 Å². The van der Waals surface area contributed by atoms with Crippen LogP contribution >= 0.6 is 0 Å². The minimum Gasteiger partial charge on any atom is -0.394 e. The van der Waals surface area contributed by atoms with Gasteiger partial charge in [0.25, 0.3) is 0 Å². The topological polar surface area (TPSA) is 248 Å². The molecule has 3 saturated heterocycles. The van der Waals surface area contributed by atoms with E-state index in [0.717, 1.165) is 0 Å². The molecule has 194 valence electrons. The molecule has 0 aromatic rings. The zero-order valence-electron chi connectivity index (χ0n) is 17.6. The summed E-state index contributed by atoms with van der Waals surface area (Å²) in [7, 11) is 0. The summed E-state index contributed by atoms with van der Waals surface area (Å²) < 4.78 is 26.9. The van der Waals surface area contributed by atoms with Crippen LogP contribution in [0.25, 0.3) is 0 Å².